The zero-order chi connectivity index (χ0) is 25.4. The van der Waals surface area contributed by atoms with Gasteiger partial charge in [0.25, 0.3) is 5.69 Å². The predicted octanol–water partition coefficient (Wildman–Crippen LogP) is 5.27. The predicted molar refractivity (Wildman–Crippen MR) is 134 cm³/mol. The lowest BCUT2D eigenvalue weighted by atomic mass is 10.2. The molecule has 0 saturated heterocycles. The number of nitro groups is 1. The molecule has 2 aromatic carbocycles. The Balaban J connectivity index is 1.73. The van der Waals surface area contributed by atoms with Gasteiger partial charge in [0.15, 0.2) is 0 Å². The molecule has 7 nitrogen and oxygen atoms in total. The van der Waals surface area contributed by atoms with Gasteiger partial charge < -0.3 is 9.80 Å². The van der Waals surface area contributed by atoms with Crippen molar-refractivity contribution in [1.29, 1.82) is 0 Å². The molecule has 0 fully saturated rings. The summed E-state index contributed by atoms with van der Waals surface area (Å²) in [6.07, 6.45) is 2.92. The number of carbonyl (C=O) groups excluding carboxylic acids is 2. The van der Waals surface area contributed by atoms with Gasteiger partial charge in [-0.2, -0.15) is 0 Å². The molecular formula is C26H26FN3O4S. The van der Waals surface area contributed by atoms with E-state index in [1.165, 1.54) is 46.6 Å². The number of rotatable bonds is 10. The molecule has 0 atom stereocenters. The largest absolute Gasteiger partial charge is 0.332 e. The van der Waals surface area contributed by atoms with Crippen LogP contribution in [0, 0.1) is 15.9 Å². The first-order valence-electron chi connectivity index (χ1n) is 11.0. The summed E-state index contributed by atoms with van der Waals surface area (Å²) in [5.41, 5.74) is 1.39. The van der Waals surface area contributed by atoms with Crippen LogP contribution in [0.15, 0.2) is 72.1 Å². The van der Waals surface area contributed by atoms with E-state index in [4.69, 9.17) is 0 Å². The van der Waals surface area contributed by atoms with Gasteiger partial charge in [0.05, 0.1) is 11.5 Å². The highest BCUT2D eigenvalue weighted by atomic mass is 32.1. The number of nitrogens with zero attached hydrogens (tertiary/aromatic N) is 3. The number of carbonyl (C=O) groups is 2. The van der Waals surface area contributed by atoms with Crippen LogP contribution in [-0.2, 0) is 22.7 Å². The third-order valence-electron chi connectivity index (χ3n) is 5.30. The Hall–Kier alpha value is -3.85. The van der Waals surface area contributed by atoms with Gasteiger partial charge in [-0.05, 0) is 66.8 Å². The van der Waals surface area contributed by atoms with E-state index in [2.05, 4.69) is 0 Å². The van der Waals surface area contributed by atoms with Gasteiger partial charge in [-0.1, -0.05) is 18.2 Å². The highest BCUT2D eigenvalue weighted by molar-refractivity contribution is 7.09. The van der Waals surface area contributed by atoms with Crippen LogP contribution in [0.4, 0.5) is 10.1 Å². The molecule has 1 heterocycles. The van der Waals surface area contributed by atoms with E-state index in [1.54, 1.807) is 35.2 Å². The Bertz CT molecular complexity index is 1180. The second-order valence-electron chi connectivity index (χ2n) is 8.20. The zero-order valence-corrected chi connectivity index (χ0v) is 20.3. The van der Waals surface area contributed by atoms with Gasteiger partial charge >= 0.3 is 0 Å². The Labute approximate surface area is 207 Å². The molecule has 0 aliphatic carbocycles. The third kappa shape index (κ3) is 7.58. The second kappa shape index (κ2) is 12.0. The number of benzene rings is 2. The third-order valence-corrected chi connectivity index (χ3v) is 6.16. The summed E-state index contributed by atoms with van der Waals surface area (Å²) in [4.78, 5) is 40.7. The van der Waals surface area contributed by atoms with Crippen molar-refractivity contribution in [2.75, 3.05) is 6.54 Å². The van der Waals surface area contributed by atoms with Crippen LogP contribution in [0.25, 0.3) is 6.08 Å². The number of amides is 2. The monoisotopic (exact) mass is 495 g/mol. The molecule has 0 aliphatic heterocycles. The Morgan fingerprint density at radius 3 is 2.31 bits per heavy atom. The molecule has 0 unspecified atom stereocenters. The van der Waals surface area contributed by atoms with Crippen LogP contribution in [-0.4, -0.2) is 39.1 Å². The Morgan fingerprint density at radius 2 is 1.74 bits per heavy atom. The van der Waals surface area contributed by atoms with Crippen LogP contribution in [0.1, 0.15) is 29.9 Å². The van der Waals surface area contributed by atoms with Crippen molar-refractivity contribution in [2.45, 2.75) is 33.0 Å². The van der Waals surface area contributed by atoms with Gasteiger partial charge in [0, 0.05) is 35.7 Å². The van der Waals surface area contributed by atoms with Crippen molar-refractivity contribution in [1.82, 2.24) is 9.80 Å². The van der Waals surface area contributed by atoms with Gasteiger partial charge in [0.2, 0.25) is 11.8 Å². The maximum absolute atomic E-state index is 13.3. The lowest BCUT2D eigenvalue weighted by Gasteiger charge is -2.29. The van der Waals surface area contributed by atoms with Crippen molar-refractivity contribution in [3.8, 4) is 0 Å². The van der Waals surface area contributed by atoms with E-state index in [-0.39, 0.29) is 42.5 Å². The van der Waals surface area contributed by atoms with Gasteiger partial charge in [-0.15, -0.1) is 11.3 Å². The quantitative estimate of drug-likeness (QED) is 0.218. The number of halogens is 1. The van der Waals surface area contributed by atoms with Crippen LogP contribution < -0.4 is 0 Å². The normalized spacial score (nSPS) is 11.1. The number of hydrogen-bond acceptors (Lipinski definition) is 5. The first-order chi connectivity index (χ1) is 16.7. The summed E-state index contributed by atoms with van der Waals surface area (Å²) in [6, 6.07) is 15.5. The molecule has 0 aliphatic rings. The first-order valence-corrected chi connectivity index (χ1v) is 11.9. The topological polar surface area (TPSA) is 83.8 Å². The smallest absolute Gasteiger partial charge is 0.269 e. The van der Waals surface area contributed by atoms with Crippen molar-refractivity contribution < 1.29 is 18.9 Å². The fraction of sp³-hybridized carbons (Fsp3) is 0.231. The Kier molecular flexibility index (Phi) is 8.86. The van der Waals surface area contributed by atoms with E-state index in [0.29, 0.717) is 12.1 Å². The summed E-state index contributed by atoms with van der Waals surface area (Å²) in [5, 5.41) is 12.7. The van der Waals surface area contributed by atoms with E-state index in [9.17, 15) is 24.1 Å². The van der Waals surface area contributed by atoms with Crippen molar-refractivity contribution in [3.63, 3.8) is 0 Å². The number of thiophene rings is 1. The van der Waals surface area contributed by atoms with Gasteiger partial charge in [0.1, 0.15) is 12.4 Å². The minimum Gasteiger partial charge on any atom is -0.332 e. The molecule has 0 radical (unpaired) electrons. The molecule has 0 bridgehead atoms. The van der Waals surface area contributed by atoms with Gasteiger partial charge in [-0.3, -0.25) is 19.7 Å². The van der Waals surface area contributed by atoms with Crippen molar-refractivity contribution >= 4 is 34.9 Å². The summed E-state index contributed by atoms with van der Waals surface area (Å²) in [5.74, 6) is -0.917. The number of nitro benzene ring substituents is 1. The van der Waals surface area contributed by atoms with Crippen LogP contribution in [0.2, 0.25) is 0 Å². The summed E-state index contributed by atoms with van der Waals surface area (Å²) >= 11 is 1.53. The summed E-state index contributed by atoms with van der Waals surface area (Å²) in [7, 11) is 0. The van der Waals surface area contributed by atoms with Crippen molar-refractivity contribution in [2.24, 2.45) is 0 Å². The van der Waals surface area contributed by atoms with Crippen LogP contribution >= 0.6 is 11.3 Å². The SMILES string of the molecule is CC(C)N(CC(=O)N(Cc1ccc(F)cc1)Cc1cccs1)C(=O)C=Cc1ccc([N+](=O)[O-])cc1. The summed E-state index contributed by atoms with van der Waals surface area (Å²) in [6.45, 7) is 4.21. The molecule has 3 rings (SSSR count). The molecule has 35 heavy (non-hydrogen) atoms. The highest BCUT2D eigenvalue weighted by Gasteiger charge is 2.23. The molecule has 1 aromatic heterocycles. The fourth-order valence-electron chi connectivity index (χ4n) is 3.36. The Morgan fingerprint density at radius 1 is 1.06 bits per heavy atom. The van der Waals surface area contributed by atoms with E-state index < -0.39 is 4.92 Å². The second-order valence-corrected chi connectivity index (χ2v) is 9.23. The molecule has 2 amide bonds. The first kappa shape index (κ1) is 25.8. The molecule has 182 valence electrons. The average molecular weight is 496 g/mol. The fourth-order valence-corrected chi connectivity index (χ4v) is 4.08. The number of hydrogen-bond donors (Lipinski definition) is 0. The minimum absolute atomic E-state index is 0.0325. The standard InChI is InChI=1S/C26H26FN3O4S/c1-19(2)29(25(31)14-9-20-7-12-23(13-8-20)30(33)34)18-26(32)28(17-24-4-3-15-35-24)16-21-5-10-22(27)11-6-21/h3-15,19H,16-18H2,1-2H3. The van der Waals surface area contributed by atoms with Crippen LogP contribution in [0.3, 0.4) is 0 Å². The zero-order valence-electron chi connectivity index (χ0n) is 19.5. The lowest BCUT2D eigenvalue weighted by Crippen LogP contribution is -2.44. The van der Waals surface area contributed by atoms with Crippen molar-refractivity contribution in [3.05, 3.63) is 104 Å². The maximum atomic E-state index is 13.3. The summed E-state index contributed by atoms with van der Waals surface area (Å²) < 4.78 is 13.3. The maximum Gasteiger partial charge on any atom is 0.269 e. The molecule has 0 N–H and O–H groups in total. The van der Waals surface area contributed by atoms with E-state index in [1.807, 2.05) is 31.4 Å². The number of non-ortho nitro benzene ring substituents is 1. The molecular weight excluding hydrogens is 469 g/mol. The van der Waals surface area contributed by atoms with Gasteiger partial charge in [-0.25, -0.2) is 4.39 Å². The average Bonchev–Trinajstić information content (AvgIpc) is 3.35. The molecule has 9 heteroatoms. The molecule has 0 saturated carbocycles. The molecule has 0 spiro atoms. The minimum atomic E-state index is -0.487. The highest BCUT2D eigenvalue weighted by Crippen LogP contribution is 2.17. The van der Waals surface area contributed by atoms with E-state index >= 15 is 0 Å². The van der Waals surface area contributed by atoms with Crippen LogP contribution in [0.5, 0.6) is 0 Å². The van der Waals surface area contributed by atoms with E-state index in [0.717, 1.165) is 10.4 Å². The molecule has 3 aromatic rings. The lowest BCUT2D eigenvalue weighted by molar-refractivity contribution is -0.384.